The van der Waals surface area contributed by atoms with Crippen molar-refractivity contribution < 1.29 is 17.9 Å². The Hall–Kier alpha value is -2.32. The molecule has 1 heterocycles. The monoisotopic (exact) mass is 301 g/mol. The first-order valence-corrected chi connectivity index (χ1v) is 6.10. The summed E-state index contributed by atoms with van der Waals surface area (Å²) in [6.45, 7) is 1.40. The molecule has 6 nitrogen and oxygen atoms in total. The van der Waals surface area contributed by atoms with Crippen molar-refractivity contribution >= 4 is 5.69 Å². The van der Waals surface area contributed by atoms with Gasteiger partial charge in [-0.25, -0.2) is 4.68 Å². The number of tetrazole rings is 1. The van der Waals surface area contributed by atoms with Crippen LogP contribution >= 0.6 is 0 Å². The van der Waals surface area contributed by atoms with Crippen LogP contribution in [0.15, 0.2) is 18.2 Å². The molecule has 2 N–H and O–H groups in total. The van der Waals surface area contributed by atoms with Crippen LogP contribution in [-0.2, 0) is 0 Å². The molecule has 2 aromatic rings. The molecule has 0 spiro atoms. The van der Waals surface area contributed by atoms with Crippen molar-refractivity contribution in [3.05, 3.63) is 18.2 Å². The second-order valence-corrected chi connectivity index (χ2v) is 4.57. The van der Waals surface area contributed by atoms with Crippen LogP contribution in [0.1, 0.15) is 19.4 Å². The summed E-state index contributed by atoms with van der Waals surface area (Å²) >= 11 is 0. The van der Waals surface area contributed by atoms with Crippen LogP contribution in [0.25, 0.3) is 11.4 Å². The lowest BCUT2D eigenvalue weighted by Crippen LogP contribution is -2.18. The van der Waals surface area contributed by atoms with E-state index in [2.05, 4.69) is 15.5 Å². The largest absolute Gasteiger partial charge is 0.495 e. The van der Waals surface area contributed by atoms with Gasteiger partial charge in [-0.15, -0.1) is 5.10 Å². The third-order valence-electron chi connectivity index (χ3n) is 2.93. The topological polar surface area (TPSA) is 78.9 Å². The molecule has 0 aliphatic rings. The average molecular weight is 301 g/mol. The summed E-state index contributed by atoms with van der Waals surface area (Å²) in [5, 5.41) is 10.9. The summed E-state index contributed by atoms with van der Waals surface area (Å²) < 4.78 is 43.6. The summed E-state index contributed by atoms with van der Waals surface area (Å²) in [5.74, 6) is 0.696. The lowest BCUT2D eigenvalue weighted by molar-refractivity contribution is -0.142. The molecule has 114 valence electrons. The van der Waals surface area contributed by atoms with Gasteiger partial charge >= 0.3 is 6.18 Å². The minimum Gasteiger partial charge on any atom is -0.495 e. The Morgan fingerprint density at radius 3 is 2.67 bits per heavy atom. The summed E-state index contributed by atoms with van der Waals surface area (Å²) in [5.41, 5.74) is 6.66. The van der Waals surface area contributed by atoms with Crippen molar-refractivity contribution in [2.45, 2.75) is 25.6 Å². The van der Waals surface area contributed by atoms with Crippen molar-refractivity contribution in [2.75, 3.05) is 12.8 Å². The third-order valence-corrected chi connectivity index (χ3v) is 2.93. The Bertz CT molecular complexity index is 626. The molecule has 1 atom stereocenters. The summed E-state index contributed by atoms with van der Waals surface area (Å²) in [7, 11) is 1.47. The van der Waals surface area contributed by atoms with E-state index in [1.54, 1.807) is 18.2 Å². The lowest BCUT2D eigenvalue weighted by Gasteiger charge is -2.15. The number of anilines is 1. The van der Waals surface area contributed by atoms with E-state index in [0.717, 1.165) is 4.68 Å². The second kappa shape index (κ2) is 5.58. The highest BCUT2D eigenvalue weighted by Crippen LogP contribution is 2.31. The highest BCUT2D eigenvalue weighted by molar-refractivity contribution is 5.66. The van der Waals surface area contributed by atoms with Crippen molar-refractivity contribution in [3.8, 4) is 17.1 Å². The fraction of sp³-hybridized carbons (Fsp3) is 0.417. The van der Waals surface area contributed by atoms with Crippen molar-refractivity contribution in [1.29, 1.82) is 0 Å². The minimum absolute atomic E-state index is 0.223. The summed E-state index contributed by atoms with van der Waals surface area (Å²) in [6, 6.07) is 3.88. The zero-order valence-corrected chi connectivity index (χ0v) is 11.4. The molecule has 0 saturated heterocycles. The number of hydrogen-bond donors (Lipinski definition) is 1. The molecule has 0 radical (unpaired) electrons. The molecule has 0 amide bonds. The number of hydrogen-bond acceptors (Lipinski definition) is 5. The Labute approximate surface area is 118 Å². The highest BCUT2D eigenvalue weighted by atomic mass is 19.4. The Morgan fingerprint density at radius 2 is 2.10 bits per heavy atom. The molecule has 0 bridgehead atoms. The number of nitrogens with zero attached hydrogens (tertiary/aromatic N) is 4. The summed E-state index contributed by atoms with van der Waals surface area (Å²) in [4.78, 5) is 0. The Balaban J connectivity index is 2.34. The van der Waals surface area contributed by atoms with Crippen LogP contribution in [0.3, 0.4) is 0 Å². The maximum atomic E-state index is 12.5. The molecular weight excluding hydrogens is 287 g/mol. The van der Waals surface area contributed by atoms with Crippen molar-refractivity contribution in [1.82, 2.24) is 20.2 Å². The van der Waals surface area contributed by atoms with Crippen LogP contribution in [0.5, 0.6) is 5.75 Å². The van der Waals surface area contributed by atoms with E-state index in [0.29, 0.717) is 17.0 Å². The number of rotatable bonds is 4. The Kier molecular flexibility index (Phi) is 4.01. The maximum absolute atomic E-state index is 12.5. The standard InChI is InChI=1S/C12H14F3N5O/c1-7(6-12(13,14)15)20-11(17-18-19-20)8-3-4-10(21-2)9(16)5-8/h3-5,7H,6,16H2,1-2H3. The van der Waals surface area contributed by atoms with Gasteiger partial charge in [0.15, 0.2) is 5.82 Å². The number of benzene rings is 1. The quantitative estimate of drug-likeness (QED) is 0.877. The molecule has 0 saturated carbocycles. The minimum atomic E-state index is -4.29. The first-order valence-electron chi connectivity index (χ1n) is 6.10. The van der Waals surface area contributed by atoms with E-state index in [4.69, 9.17) is 10.5 Å². The van der Waals surface area contributed by atoms with Gasteiger partial charge < -0.3 is 10.5 Å². The molecule has 21 heavy (non-hydrogen) atoms. The van der Waals surface area contributed by atoms with E-state index < -0.39 is 18.6 Å². The van der Waals surface area contributed by atoms with E-state index in [9.17, 15) is 13.2 Å². The number of alkyl halides is 3. The molecule has 1 aromatic heterocycles. The number of nitrogens with two attached hydrogens (primary N) is 1. The van der Waals surface area contributed by atoms with Gasteiger partial charge in [-0.1, -0.05) is 0 Å². The van der Waals surface area contributed by atoms with Gasteiger partial charge in [-0.2, -0.15) is 13.2 Å². The van der Waals surface area contributed by atoms with E-state index in [1.165, 1.54) is 14.0 Å². The molecule has 1 aromatic carbocycles. The van der Waals surface area contributed by atoms with E-state index in [1.807, 2.05) is 0 Å². The van der Waals surface area contributed by atoms with Crippen LogP contribution in [0.2, 0.25) is 0 Å². The fourth-order valence-electron chi connectivity index (χ4n) is 1.98. The van der Waals surface area contributed by atoms with Gasteiger partial charge in [-0.05, 0) is 35.5 Å². The summed E-state index contributed by atoms with van der Waals surface area (Å²) in [6.07, 6.45) is -5.31. The van der Waals surface area contributed by atoms with Crippen LogP contribution in [0.4, 0.5) is 18.9 Å². The Morgan fingerprint density at radius 1 is 1.38 bits per heavy atom. The van der Waals surface area contributed by atoms with E-state index in [-0.39, 0.29) is 5.82 Å². The van der Waals surface area contributed by atoms with Gasteiger partial charge in [0.2, 0.25) is 0 Å². The number of methoxy groups -OCH3 is 1. The molecule has 0 fully saturated rings. The van der Waals surface area contributed by atoms with Crippen LogP contribution < -0.4 is 10.5 Å². The van der Waals surface area contributed by atoms with Gasteiger partial charge in [0, 0.05) is 5.56 Å². The first kappa shape index (κ1) is 15.1. The number of ether oxygens (including phenoxy) is 1. The normalized spacial score (nSPS) is 13.2. The molecule has 9 heteroatoms. The van der Waals surface area contributed by atoms with Crippen LogP contribution in [0, 0.1) is 0 Å². The predicted octanol–water partition coefficient (Wildman–Crippen LogP) is 2.44. The lowest BCUT2D eigenvalue weighted by atomic mass is 10.1. The molecule has 2 rings (SSSR count). The SMILES string of the molecule is COc1ccc(-c2nnnn2C(C)CC(F)(F)F)cc1N. The fourth-order valence-corrected chi connectivity index (χ4v) is 1.98. The number of aromatic nitrogens is 4. The predicted molar refractivity (Wildman–Crippen MR) is 69.6 cm³/mol. The van der Waals surface area contributed by atoms with Gasteiger partial charge in [-0.3, -0.25) is 0 Å². The third kappa shape index (κ3) is 3.41. The van der Waals surface area contributed by atoms with Crippen molar-refractivity contribution in [3.63, 3.8) is 0 Å². The molecule has 1 unspecified atom stereocenters. The molecule has 0 aliphatic carbocycles. The van der Waals surface area contributed by atoms with Gasteiger partial charge in [0.05, 0.1) is 25.3 Å². The maximum Gasteiger partial charge on any atom is 0.391 e. The second-order valence-electron chi connectivity index (χ2n) is 4.57. The number of nitrogen functional groups attached to an aromatic ring is 1. The average Bonchev–Trinajstić information content (AvgIpc) is 2.85. The van der Waals surface area contributed by atoms with Crippen LogP contribution in [-0.4, -0.2) is 33.5 Å². The molecular formula is C12H14F3N5O. The first-order chi connectivity index (χ1) is 9.81. The van der Waals surface area contributed by atoms with Gasteiger partial charge in [0.1, 0.15) is 5.75 Å². The smallest absolute Gasteiger partial charge is 0.391 e. The molecule has 0 aliphatic heterocycles. The zero-order valence-electron chi connectivity index (χ0n) is 11.4. The van der Waals surface area contributed by atoms with Gasteiger partial charge in [0.25, 0.3) is 0 Å². The van der Waals surface area contributed by atoms with Crippen molar-refractivity contribution in [2.24, 2.45) is 0 Å². The highest BCUT2D eigenvalue weighted by Gasteiger charge is 2.32. The van der Waals surface area contributed by atoms with E-state index >= 15 is 0 Å². The number of halogens is 3. The zero-order chi connectivity index (χ0) is 15.6.